The van der Waals surface area contributed by atoms with Crippen LogP contribution in [-0.4, -0.2) is 26.2 Å². The third kappa shape index (κ3) is 2.49. The van der Waals surface area contributed by atoms with Gasteiger partial charge in [0.25, 0.3) is 0 Å². The van der Waals surface area contributed by atoms with Crippen LogP contribution in [0, 0.1) is 6.92 Å². The van der Waals surface area contributed by atoms with Crippen LogP contribution in [-0.2, 0) is 6.54 Å². The number of aryl methyl sites for hydroxylation is 1. The van der Waals surface area contributed by atoms with E-state index in [1.54, 1.807) is 6.20 Å². The number of hydrogen-bond donors (Lipinski definition) is 1. The molecule has 1 N–H and O–H groups in total. The first kappa shape index (κ1) is 14.7. The first-order valence-corrected chi connectivity index (χ1v) is 7.85. The van der Waals surface area contributed by atoms with Gasteiger partial charge >= 0.3 is 0 Å². The van der Waals surface area contributed by atoms with Crippen LogP contribution in [0.15, 0.2) is 59.1 Å². The fourth-order valence-corrected chi connectivity index (χ4v) is 2.79. The summed E-state index contributed by atoms with van der Waals surface area (Å²) in [7, 11) is 0. The van der Waals surface area contributed by atoms with Crippen LogP contribution in [0.25, 0.3) is 34.1 Å². The minimum absolute atomic E-state index is 0.0163. The second-order valence-electron chi connectivity index (χ2n) is 5.70. The molecule has 2 aromatic heterocycles. The number of aromatic nitrogens is 3. The molecule has 0 unspecified atom stereocenters. The average Bonchev–Trinajstić information content (AvgIpc) is 3.19. The highest BCUT2D eigenvalue weighted by molar-refractivity contribution is 5.75. The van der Waals surface area contributed by atoms with Crippen molar-refractivity contribution < 1.29 is 9.52 Å². The third-order valence-electron chi connectivity index (χ3n) is 4.00. The SMILES string of the molecule is Cc1ccc(-c2ncc(-c3nc4ccccc4o3)n2CCO)cc1. The van der Waals surface area contributed by atoms with Crippen LogP contribution in [0.3, 0.4) is 0 Å². The molecule has 0 bridgehead atoms. The Morgan fingerprint density at radius 2 is 1.88 bits per heavy atom. The Balaban J connectivity index is 1.85. The topological polar surface area (TPSA) is 64.1 Å². The van der Waals surface area contributed by atoms with Crippen LogP contribution in [0.2, 0.25) is 0 Å². The summed E-state index contributed by atoms with van der Waals surface area (Å²) in [6.07, 6.45) is 1.75. The molecule has 0 aliphatic heterocycles. The molecular formula is C19H17N3O2. The molecule has 0 radical (unpaired) electrons. The lowest BCUT2D eigenvalue weighted by atomic mass is 10.1. The average molecular weight is 319 g/mol. The largest absolute Gasteiger partial charge is 0.435 e. The van der Waals surface area contributed by atoms with Crippen molar-refractivity contribution in [2.75, 3.05) is 6.61 Å². The summed E-state index contributed by atoms with van der Waals surface area (Å²) in [4.78, 5) is 9.07. The molecule has 0 atom stereocenters. The zero-order valence-corrected chi connectivity index (χ0v) is 13.3. The predicted octanol–water partition coefficient (Wildman–Crippen LogP) is 3.66. The Labute approximate surface area is 139 Å². The van der Waals surface area contributed by atoms with Crippen molar-refractivity contribution in [3.8, 4) is 23.0 Å². The van der Waals surface area contributed by atoms with Gasteiger partial charge < -0.3 is 14.1 Å². The smallest absolute Gasteiger partial charge is 0.245 e. The molecule has 4 aromatic rings. The summed E-state index contributed by atoms with van der Waals surface area (Å²) < 4.78 is 7.80. The minimum atomic E-state index is 0.0163. The molecule has 0 aliphatic carbocycles. The summed E-state index contributed by atoms with van der Waals surface area (Å²) in [5.74, 6) is 1.30. The monoisotopic (exact) mass is 319 g/mol. The number of nitrogens with zero attached hydrogens (tertiary/aromatic N) is 3. The van der Waals surface area contributed by atoms with Crippen molar-refractivity contribution in [2.45, 2.75) is 13.5 Å². The van der Waals surface area contributed by atoms with Crippen molar-refractivity contribution in [2.24, 2.45) is 0 Å². The summed E-state index contributed by atoms with van der Waals surface area (Å²) in [6.45, 7) is 2.49. The fourth-order valence-electron chi connectivity index (χ4n) is 2.79. The fraction of sp³-hybridized carbons (Fsp3) is 0.158. The summed E-state index contributed by atoms with van der Waals surface area (Å²) >= 11 is 0. The van der Waals surface area contributed by atoms with Gasteiger partial charge in [0.15, 0.2) is 5.58 Å². The normalized spacial score (nSPS) is 11.2. The van der Waals surface area contributed by atoms with E-state index in [1.807, 2.05) is 60.0 Å². The molecule has 120 valence electrons. The van der Waals surface area contributed by atoms with E-state index >= 15 is 0 Å². The van der Waals surface area contributed by atoms with Gasteiger partial charge in [-0.3, -0.25) is 0 Å². The van der Waals surface area contributed by atoms with Crippen LogP contribution in [0.5, 0.6) is 0 Å². The highest BCUT2D eigenvalue weighted by atomic mass is 16.3. The molecule has 2 aromatic carbocycles. The maximum atomic E-state index is 9.47. The lowest BCUT2D eigenvalue weighted by Gasteiger charge is -2.09. The maximum Gasteiger partial charge on any atom is 0.245 e. The molecule has 0 amide bonds. The van der Waals surface area contributed by atoms with Crippen LogP contribution in [0.1, 0.15) is 5.56 Å². The zero-order valence-electron chi connectivity index (χ0n) is 13.3. The van der Waals surface area contributed by atoms with Gasteiger partial charge in [0, 0.05) is 12.1 Å². The van der Waals surface area contributed by atoms with E-state index in [2.05, 4.69) is 9.97 Å². The standard InChI is InChI=1S/C19H17N3O2/c1-13-6-8-14(9-7-13)18-20-12-16(22(18)10-11-23)19-21-15-4-2-3-5-17(15)24-19/h2-9,12,23H,10-11H2,1H3. The minimum Gasteiger partial charge on any atom is -0.435 e. The van der Waals surface area contributed by atoms with Crippen molar-refractivity contribution in [1.82, 2.24) is 14.5 Å². The van der Waals surface area contributed by atoms with Gasteiger partial charge in [-0.25, -0.2) is 9.97 Å². The summed E-state index contributed by atoms with van der Waals surface area (Å²) in [5, 5.41) is 9.47. The number of imidazole rings is 1. The highest BCUT2D eigenvalue weighted by Crippen LogP contribution is 2.28. The third-order valence-corrected chi connectivity index (χ3v) is 4.00. The molecule has 0 saturated heterocycles. The van der Waals surface area contributed by atoms with Gasteiger partial charge in [0.1, 0.15) is 17.0 Å². The van der Waals surface area contributed by atoms with Gasteiger partial charge in [-0.2, -0.15) is 0 Å². The van der Waals surface area contributed by atoms with Crippen molar-refractivity contribution in [3.63, 3.8) is 0 Å². The van der Waals surface area contributed by atoms with Gasteiger partial charge in [0.05, 0.1) is 12.8 Å². The Hall–Kier alpha value is -2.92. The zero-order chi connectivity index (χ0) is 16.5. The van der Waals surface area contributed by atoms with E-state index in [-0.39, 0.29) is 6.61 Å². The number of aliphatic hydroxyl groups excluding tert-OH is 1. The maximum absolute atomic E-state index is 9.47. The van der Waals surface area contributed by atoms with E-state index < -0.39 is 0 Å². The molecule has 0 spiro atoms. The molecule has 0 saturated carbocycles. The lowest BCUT2D eigenvalue weighted by Crippen LogP contribution is -2.06. The van der Waals surface area contributed by atoms with E-state index in [1.165, 1.54) is 5.56 Å². The van der Waals surface area contributed by atoms with E-state index in [9.17, 15) is 5.11 Å². The van der Waals surface area contributed by atoms with Crippen LogP contribution < -0.4 is 0 Å². The number of para-hydroxylation sites is 2. The van der Waals surface area contributed by atoms with Crippen molar-refractivity contribution >= 4 is 11.1 Å². The molecular weight excluding hydrogens is 302 g/mol. The van der Waals surface area contributed by atoms with Gasteiger partial charge in [0.2, 0.25) is 5.89 Å². The first-order valence-electron chi connectivity index (χ1n) is 7.85. The first-order chi connectivity index (χ1) is 11.8. The quantitative estimate of drug-likeness (QED) is 0.623. The molecule has 5 heteroatoms. The molecule has 0 fully saturated rings. The number of hydrogen-bond acceptors (Lipinski definition) is 4. The van der Waals surface area contributed by atoms with Crippen molar-refractivity contribution in [3.05, 3.63) is 60.3 Å². The van der Waals surface area contributed by atoms with E-state index in [0.717, 1.165) is 28.2 Å². The lowest BCUT2D eigenvalue weighted by molar-refractivity contribution is 0.277. The predicted molar refractivity (Wildman–Crippen MR) is 92.5 cm³/mol. The molecule has 4 rings (SSSR count). The Morgan fingerprint density at radius 3 is 2.62 bits per heavy atom. The van der Waals surface area contributed by atoms with Crippen molar-refractivity contribution in [1.29, 1.82) is 0 Å². The summed E-state index contributed by atoms with van der Waals surface area (Å²) in [5.41, 5.74) is 4.49. The molecule has 24 heavy (non-hydrogen) atoms. The van der Waals surface area contributed by atoms with E-state index in [0.29, 0.717) is 12.4 Å². The number of oxazole rings is 1. The number of fused-ring (bicyclic) bond motifs is 1. The van der Waals surface area contributed by atoms with E-state index in [4.69, 9.17) is 4.42 Å². The van der Waals surface area contributed by atoms with Gasteiger partial charge in [-0.1, -0.05) is 42.0 Å². The number of benzene rings is 2. The second kappa shape index (κ2) is 5.94. The van der Waals surface area contributed by atoms with Crippen LogP contribution >= 0.6 is 0 Å². The molecule has 5 nitrogen and oxygen atoms in total. The van der Waals surface area contributed by atoms with Gasteiger partial charge in [-0.05, 0) is 19.1 Å². The Kier molecular flexibility index (Phi) is 3.63. The Bertz CT molecular complexity index is 950. The molecule has 2 heterocycles. The summed E-state index contributed by atoms with van der Waals surface area (Å²) in [6, 6.07) is 15.8. The highest BCUT2D eigenvalue weighted by Gasteiger charge is 2.17. The number of aliphatic hydroxyl groups is 1. The van der Waals surface area contributed by atoms with Gasteiger partial charge in [-0.15, -0.1) is 0 Å². The second-order valence-corrected chi connectivity index (χ2v) is 5.70. The Morgan fingerprint density at radius 1 is 1.08 bits per heavy atom. The number of rotatable bonds is 4. The molecule has 0 aliphatic rings. The van der Waals surface area contributed by atoms with Crippen LogP contribution in [0.4, 0.5) is 0 Å².